The number of halogens is 1. The first-order chi connectivity index (χ1) is 10.2. The molecule has 3 rings (SSSR count). The van der Waals surface area contributed by atoms with Crippen molar-refractivity contribution in [1.82, 2.24) is 5.01 Å². The third-order valence-corrected chi connectivity index (χ3v) is 3.42. The van der Waals surface area contributed by atoms with Crippen molar-refractivity contribution in [2.75, 3.05) is 10.2 Å². The number of para-hydroxylation sites is 2. The van der Waals surface area contributed by atoms with Gasteiger partial charge in [0.1, 0.15) is 0 Å². The fourth-order valence-corrected chi connectivity index (χ4v) is 2.31. The average Bonchev–Trinajstić information content (AvgIpc) is 2.92. The number of hydrazone groups is 1. The topological polar surface area (TPSA) is 45.9 Å². The Kier molecular flexibility index (Phi) is 4.54. The van der Waals surface area contributed by atoms with Gasteiger partial charge >= 0.3 is 0 Å². The van der Waals surface area contributed by atoms with E-state index in [0.29, 0.717) is 0 Å². The van der Waals surface area contributed by atoms with E-state index in [0.717, 1.165) is 22.5 Å². The van der Waals surface area contributed by atoms with Crippen LogP contribution in [0.1, 0.15) is 11.1 Å². The van der Waals surface area contributed by atoms with Crippen molar-refractivity contribution in [1.29, 1.82) is 5.26 Å². The van der Waals surface area contributed by atoms with Gasteiger partial charge < -0.3 is 0 Å². The highest BCUT2D eigenvalue weighted by atomic mass is 35.5. The highest BCUT2D eigenvalue weighted by molar-refractivity contribution is 5.85. The van der Waals surface area contributed by atoms with Gasteiger partial charge in [-0.15, -0.1) is 22.6 Å². The molecule has 1 heterocycles. The largest absolute Gasteiger partial charge is 0.207 e. The third kappa shape index (κ3) is 2.57. The fourth-order valence-electron chi connectivity index (χ4n) is 2.31. The van der Waals surface area contributed by atoms with Crippen LogP contribution in [0.25, 0.3) is 0 Å². The number of benzene rings is 2. The molecular weight excluding hydrogens is 298 g/mol. The zero-order chi connectivity index (χ0) is 14.8. The van der Waals surface area contributed by atoms with E-state index in [2.05, 4.69) is 11.3 Å². The fraction of sp³-hybridized carbons (Fsp3) is 0.125. The van der Waals surface area contributed by atoms with E-state index < -0.39 is 0 Å². The summed E-state index contributed by atoms with van der Waals surface area (Å²) in [5, 5.41) is 18.6. The van der Waals surface area contributed by atoms with E-state index in [-0.39, 0.29) is 12.4 Å². The molecule has 6 heteroatoms. The predicted molar refractivity (Wildman–Crippen MR) is 90.5 cm³/mol. The molecular formula is C16H16ClN5. The normalized spacial score (nSPS) is 13.0. The second kappa shape index (κ2) is 6.37. The number of hydrazine groups is 2. The van der Waals surface area contributed by atoms with Crippen LogP contribution < -0.4 is 10.2 Å². The van der Waals surface area contributed by atoms with Gasteiger partial charge in [0.15, 0.2) is 6.34 Å². The highest BCUT2D eigenvalue weighted by Gasteiger charge is 2.29. The van der Waals surface area contributed by atoms with E-state index in [9.17, 15) is 5.26 Å². The van der Waals surface area contributed by atoms with Gasteiger partial charge in [-0.25, -0.2) is 0 Å². The molecule has 0 unspecified atom stereocenters. The standard InChI is InChI=1S/C16H15N5.ClH/c1-13-7-3-5-9-15(13)20-18-12-19(11-17)21(20)16-10-6-4-8-14(16)2;/h3-10,12H,1-2H3;1H. The van der Waals surface area contributed by atoms with Crippen LogP contribution in [-0.2, 0) is 0 Å². The van der Waals surface area contributed by atoms with Gasteiger partial charge in [0.05, 0.1) is 11.4 Å². The van der Waals surface area contributed by atoms with Crippen molar-refractivity contribution >= 4 is 30.1 Å². The summed E-state index contributed by atoms with van der Waals surface area (Å²) in [5.74, 6) is 0. The summed E-state index contributed by atoms with van der Waals surface area (Å²) in [4.78, 5) is 0. The third-order valence-electron chi connectivity index (χ3n) is 3.42. The van der Waals surface area contributed by atoms with Crippen LogP contribution in [0.3, 0.4) is 0 Å². The molecule has 0 saturated carbocycles. The van der Waals surface area contributed by atoms with Crippen LogP contribution in [0.5, 0.6) is 0 Å². The molecule has 2 aromatic rings. The molecule has 0 N–H and O–H groups in total. The Morgan fingerprint density at radius 2 is 1.45 bits per heavy atom. The molecule has 0 aromatic heterocycles. The van der Waals surface area contributed by atoms with Crippen molar-refractivity contribution in [3.8, 4) is 6.19 Å². The Morgan fingerprint density at radius 3 is 2.00 bits per heavy atom. The van der Waals surface area contributed by atoms with Crippen LogP contribution in [0.15, 0.2) is 53.6 Å². The summed E-state index contributed by atoms with van der Waals surface area (Å²) in [5.41, 5.74) is 4.02. The zero-order valence-electron chi connectivity index (χ0n) is 12.3. The van der Waals surface area contributed by atoms with Gasteiger partial charge in [0.25, 0.3) is 0 Å². The number of rotatable bonds is 2. The maximum atomic E-state index is 9.34. The van der Waals surface area contributed by atoms with Gasteiger partial charge in [-0.2, -0.15) is 15.4 Å². The van der Waals surface area contributed by atoms with Crippen LogP contribution in [0.2, 0.25) is 0 Å². The monoisotopic (exact) mass is 313 g/mol. The van der Waals surface area contributed by atoms with Gasteiger partial charge in [-0.05, 0) is 37.1 Å². The van der Waals surface area contributed by atoms with Crippen molar-refractivity contribution in [3.63, 3.8) is 0 Å². The van der Waals surface area contributed by atoms with E-state index in [1.165, 1.54) is 11.3 Å². The number of aryl methyl sites for hydroxylation is 2. The molecule has 1 aliphatic heterocycles. The lowest BCUT2D eigenvalue weighted by molar-refractivity contribution is 0.545. The minimum atomic E-state index is 0. The number of nitriles is 1. The van der Waals surface area contributed by atoms with E-state index in [1.807, 2.05) is 62.4 Å². The van der Waals surface area contributed by atoms with Crippen LogP contribution in [-0.4, -0.2) is 11.3 Å². The molecule has 0 atom stereocenters. The van der Waals surface area contributed by atoms with Gasteiger partial charge in [0, 0.05) is 0 Å². The molecule has 0 bridgehead atoms. The van der Waals surface area contributed by atoms with E-state index in [1.54, 1.807) is 10.2 Å². The van der Waals surface area contributed by atoms with E-state index >= 15 is 0 Å². The smallest absolute Gasteiger partial charge is 0.170 e. The first-order valence-corrected chi connectivity index (χ1v) is 6.67. The Labute approximate surface area is 136 Å². The Bertz CT molecular complexity index is 737. The second-order valence-electron chi connectivity index (χ2n) is 4.83. The maximum absolute atomic E-state index is 9.34. The van der Waals surface area contributed by atoms with Crippen LogP contribution in [0, 0.1) is 25.3 Å². The molecule has 22 heavy (non-hydrogen) atoms. The quantitative estimate of drug-likeness (QED) is 0.795. The van der Waals surface area contributed by atoms with Gasteiger partial charge in [-0.1, -0.05) is 36.4 Å². The predicted octanol–water partition coefficient (Wildman–Crippen LogP) is 3.61. The van der Waals surface area contributed by atoms with Gasteiger partial charge in [0.2, 0.25) is 6.19 Å². The SMILES string of the molecule is Cc1ccccc1N1N=CN(C#N)N1c1ccccc1C.Cl. The average molecular weight is 314 g/mol. The zero-order valence-corrected chi connectivity index (χ0v) is 13.2. The summed E-state index contributed by atoms with van der Waals surface area (Å²) in [6.07, 6.45) is 3.64. The van der Waals surface area contributed by atoms with Crippen LogP contribution >= 0.6 is 12.4 Å². The maximum Gasteiger partial charge on any atom is 0.207 e. The highest BCUT2D eigenvalue weighted by Crippen LogP contribution is 2.31. The summed E-state index contributed by atoms with van der Waals surface area (Å²) in [7, 11) is 0. The summed E-state index contributed by atoms with van der Waals surface area (Å²) >= 11 is 0. The lowest BCUT2D eigenvalue weighted by Gasteiger charge is -2.32. The van der Waals surface area contributed by atoms with Crippen molar-refractivity contribution in [2.24, 2.45) is 5.10 Å². The Morgan fingerprint density at radius 1 is 0.909 bits per heavy atom. The minimum Gasteiger partial charge on any atom is -0.170 e. The Hall–Kier alpha value is -2.71. The first-order valence-electron chi connectivity index (χ1n) is 6.67. The Balaban J connectivity index is 0.00000176. The van der Waals surface area contributed by atoms with Crippen molar-refractivity contribution in [2.45, 2.75) is 13.8 Å². The summed E-state index contributed by atoms with van der Waals surface area (Å²) in [6.45, 7) is 4.04. The summed E-state index contributed by atoms with van der Waals surface area (Å²) < 4.78 is 0. The summed E-state index contributed by atoms with van der Waals surface area (Å²) in [6, 6.07) is 15.9. The number of hydrogen-bond donors (Lipinski definition) is 0. The molecule has 5 nitrogen and oxygen atoms in total. The molecule has 0 saturated heterocycles. The second-order valence-corrected chi connectivity index (χ2v) is 4.83. The van der Waals surface area contributed by atoms with Crippen molar-refractivity contribution in [3.05, 3.63) is 59.7 Å². The van der Waals surface area contributed by atoms with Crippen molar-refractivity contribution < 1.29 is 0 Å². The molecule has 2 aromatic carbocycles. The number of nitrogens with zero attached hydrogens (tertiary/aromatic N) is 5. The molecule has 1 aliphatic rings. The molecule has 0 fully saturated rings. The molecule has 0 amide bonds. The molecule has 0 radical (unpaired) electrons. The van der Waals surface area contributed by atoms with Gasteiger partial charge in [-0.3, -0.25) is 0 Å². The lowest BCUT2D eigenvalue weighted by Crippen LogP contribution is -2.44. The minimum absolute atomic E-state index is 0. The van der Waals surface area contributed by atoms with Crippen LogP contribution in [0.4, 0.5) is 11.4 Å². The molecule has 0 aliphatic carbocycles. The van der Waals surface area contributed by atoms with E-state index in [4.69, 9.17) is 0 Å². The number of anilines is 2. The molecule has 0 spiro atoms. The lowest BCUT2D eigenvalue weighted by atomic mass is 10.2. The molecule has 112 valence electrons. The number of hydrogen-bond acceptors (Lipinski definition) is 5. The first kappa shape index (κ1) is 15.7.